The fraction of sp³-hybridized carbons (Fsp3) is 0.529. The van der Waals surface area contributed by atoms with Crippen molar-refractivity contribution in [1.29, 1.82) is 0 Å². The predicted octanol–water partition coefficient (Wildman–Crippen LogP) is 0.549. The maximum atomic E-state index is 12.5. The van der Waals surface area contributed by atoms with Gasteiger partial charge in [-0.1, -0.05) is 17.7 Å². The largest absolute Gasteiger partial charge is 0.379 e. The molecular weight excluding hydrogens is 294 g/mol. The van der Waals surface area contributed by atoms with Crippen LogP contribution in [0.3, 0.4) is 0 Å². The molecule has 0 radical (unpaired) electrons. The Morgan fingerprint density at radius 1 is 1.17 bits per heavy atom. The Morgan fingerprint density at radius 2 is 1.87 bits per heavy atom. The molecule has 6 nitrogen and oxygen atoms in total. The zero-order chi connectivity index (χ0) is 16.2. The second kappa shape index (κ2) is 7.21. The van der Waals surface area contributed by atoms with Crippen LogP contribution in [0.5, 0.6) is 0 Å². The molecule has 2 amide bonds. The van der Waals surface area contributed by atoms with Gasteiger partial charge in [0, 0.05) is 26.2 Å². The summed E-state index contributed by atoms with van der Waals surface area (Å²) in [4.78, 5) is 28.3. The first-order valence-electron chi connectivity index (χ1n) is 8.12. The molecule has 1 aromatic rings. The van der Waals surface area contributed by atoms with Crippen molar-refractivity contribution in [3.8, 4) is 0 Å². The van der Waals surface area contributed by atoms with Crippen molar-refractivity contribution in [2.24, 2.45) is 0 Å². The molecule has 23 heavy (non-hydrogen) atoms. The van der Waals surface area contributed by atoms with Gasteiger partial charge in [0.25, 0.3) is 5.91 Å². The first-order chi connectivity index (χ1) is 11.1. The summed E-state index contributed by atoms with van der Waals surface area (Å²) in [5.74, 6) is -0.288. The maximum absolute atomic E-state index is 12.5. The number of aryl methyl sites for hydroxylation is 1. The smallest absolute Gasteiger partial charge is 0.251 e. The lowest BCUT2D eigenvalue weighted by Crippen LogP contribution is -2.44. The highest BCUT2D eigenvalue weighted by Crippen LogP contribution is 2.23. The van der Waals surface area contributed by atoms with Gasteiger partial charge in [-0.3, -0.25) is 14.5 Å². The van der Waals surface area contributed by atoms with Crippen LogP contribution in [0.15, 0.2) is 24.3 Å². The van der Waals surface area contributed by atoms with E-state index in [0.717, 1.165) is 38.4 Å². The Bertz CT molecular complexity index is 567. The van der Waals surface area contributed by atoms with E-state index in [4.69, 9.17) is 4.74 Å². The topological polar surface area (TPSA) is 61.9 Å². The van der Waals surface area contributed by atoms with Gasteiger partial charge in [-0.2, -0.15) is 0 Å². The minimum absolute atomic E-state index is 0.136. The number of benzene rings is 1. The number of nitrogens with one attached hydrogen (secondary N) is 1. The Kier molecular flexibility index (Phi) is 5.05. The molecule has 0 bridgehead atoms. The number of rotatable bonds is 5. The van der Waals surface area contributed by atoms with E-state index in [2.05, 4.69) is 10.2 Å². The van der Waals surface area contributed by atoms with E-state index >= 15 is 0 Å². The van der Waals surface area contributed by atoms with Crippen molar-refractivity contribution in [2.75, 3.05) is 44.3 Å². The Hall–Kier alpha value is -1.76. The number of nitrogens with zero attached hydrogens (tertiary/aromatic N) is 2. The molecule has 2 heterocycles. The van der Waals surface area contributed by atoms with Crippen molar-refractivity contribution < 1.29 is 14.3 Å². The summed E-state index contributed by atoms with van der Waals surface area (Å²) in [6, 6.07) is 7.05. The fourth-order valence-electron chi connectivity index (χ4n) is 2.98. The van der Waals surface area contributed by atoms with Crippen LogP contribution in [0.1, 0.15) is 12.0 Å². The monoisotopic (exact) mass is 317 g/mol. The number of amides is 2. The lowest BCUT2D eigenvalue weighted by Gasteiger charge is -2.27. The van der Waals surface area contributed by atoms with E-state index < -0.39 is 6.04 Å². The van der Waals surface area contributed by atoms with E-state index in [1.807, 2.05) is 31.2 Å². The number of carbonyl (C=O) groups is 2. The molecule has 0 saturated carbocycles. The number of morpholine rings is 1. The Labute approximate surface area is 136 Å². The van der Waals surface area contributed by atoms with Crippen molar-refractivity contribution in [2.45, 2.75) is 19.4 Å². The summed E-state index contributed by atoms with van der Waals surface area (Å²) in [5.41, 5.74) is 1.76. The number of ether oxygens (including phenoxy) is 1. The van der Waals surface area contributed by atoms with Gasteiger partial charge in [-0.25, -0.2) is 4.90 Å². The lowest BCUT2D eigenvalue weighted by molar-refractivity contribution is -0.121. The van der Waals surface area contributed by atoms with Crippen LogP contribution in [-0.2, 0) is 14.3 Å². The average Bonchev–Trinajstić information content (AvgIpc) is 2.84. The van der Waals surface area contributed by atoms with Crippen LogP contribution in [0.25, 0.3) is 0 Å². The van der Waals surface area contributed by atoms with E-state index in [1.165, 1.54) is 4.90 Å². The Balaban J connectivity index is 1.54. The highest BCUT2D eigenvalue weighted by atomic mass is 16.5. The standard InChI is InChI=1S/C17H23N3O3/c1-13-2-4-14(5-3-13)20-16(21)12-15(17(20)22)18-6-7-19-8-10-23-11-9-19/h2-5,15,18H,6-12H2,1H3/t15-/m1/s1. The summed E-state index contributed by atoms with van der Waals surface area (Å²) >= 11 is 0. The molecule has 2 aliphatic heterocycles. The highest BCUT2D eigenvalue weighted by Gasteiger charge is 2.39. The van der Waals surface area contributed by atoms with Crippen molar-refractivity contribution in [3.05, 3.63) is 29.8 Å². The summed E-state index contributed by atoms with van der Waals surface area (Å²) in [6.07, 6.45) is 0.232. The zero-order valence-electron chi connectivity index (χ0n) is 13.5. The summed E-state index contributed by atoms with van der Waals surface area (Å²) < 4.78 is 5.31. The molecule has 1 N–H and O–H groups in total. The number of imide groups is 1. The molecular formula is C17H23N3O3. The quantitative estimate of drug-likeness (QED) is 0.804. The third-order valence-electron chi connectivity index (χ3n) is 4.36. The molecule has 0 spiro atoms. The van der Waals surface area contributed by atoms with Crippen LogP contribution in [0, 0.1) is 6.92 Å². The summed E-state index contributed by atoms with van der Waals surface area (Å²) in [6.45, 7) is 6.93. The number of carbonyl (C=O) groups excluding carboxylic acids is 2. The molecule has 0 unspecified atom stereocenters. The molecule has 0 aliphatic carbocycles. The number of anilines is 1. The number of hydrogen-bond acceptors (Lipinski definition) is 5. The minimum Gasteiger partial charge on any atom is -0.379 e. The third-order valence-corrected chi connectivity index (χ3v) is 4.36. The van der Waals surface area contributed by atoms with E-state index in [9.17, 15) is 9.59 Å². The van der Waals surface area contributed by atoms with Gasteiger partial charge in [0.1, 0.15) is 0 Å². The molecule has 1 aromatic carbocycles. The molecule has 124 valence electrons. The lowest BCUT2D eigenvalue weighted by atomic mass is 10.2. The van der Waals surface area contributed by atoms with Crippen LogP contribution < -0.4 is 10.2 Å². The second-order valence-corrected chi connectivity index (χ2v) is 6.07. The second-order valence-electron chi connectivity index (χ2n) is 6.07. The van der Waals surface area contributed by atoms with Crippen molar-refractivity contribution in [3.63, 3.8) is 0 Å². The Morgan fingerprint density at radius 3 is 2.57 bits per heavy atom. The van der Waals surface area contributed by atoms with Gasteiger partial charge in [0.15, 0.2) is 0 Å². The molecule has 2 saturated heterocycles. The normalized spacial score (nSPS) is 22.8. The maximum Gasteiger partial charge on any atom is 0.251 e. The third kappa shape index (κ3) is 3.77. The van der Waals surface area contributed by atoms with Gasteiger partial charge >= 0.3 is 0 Å². The predicted molar refractivity (Wildman–Crippen MR) is 87.3 cm³/mol. The van der Waals surface area contributed by atoms with Gasteiger partial charge in [0.05, 0.1) is 31.4 Å². The molecule has 1 atom stereocenters. The van der Waals surface area contributed by atoms with E-state index in [-0.39, 0.29) is 18.2 Å². The van der Waals surface area contributed by atoms with Crippen LogP contribution in [-0.4, -0.2) is 62.1 Å². The SMILES string of the molecule is Cc1ccc(N2C(=O)C[C@@H](NCCN3CCOCC3)C2=O)cc1. The highest BCUT2D eigenvalue weighted by molar-refractivity contribution is 6.22. The first-order valence-corrected chi connectivity index (χ1v) is 8.12. The molecule has 6 heteroatoms. The summed E-state index contributed by atoms with van der Waals surface area (Å²) in [7, 11) is 0. The van der Waals surface area contributed by atoms with Crippen LogP contribution in [0.4, 0.5) is 5.69 Å². The fourth-order valence-corrected chi connectivity index (χ4v) is 2.98. The van der Waals surface area contributed by atoms with Gasteiger partial charge in [-0.15, -0.1) is 0 Å². The van der Waals surface area contributed by atoms with Gasteiger partial charge in [0.2, 0.25) is 5.91 Å². The summed E-state index contributed by atoms with van der Waals surface area (Å²) in [5, 5.41) is 3.23. The first kappa shape index (κ1) is 16.1. The number of hydrogen-bond donors (Lipinski definition) is 1. The van der Waals surface area contributed by atoms with Crippen LogP contribution in [0.2, 0.25) is 0 Å². The van der Waals surface area contributed by atoms with E-state index in [1.54, 1.807) is 0 Å². The van der Waals surface area contributed by atoms with E-state index in [0.29, 0.717) is 12.2 Å². The zero-order valence-corrected chi connectivity index (χ0v) is 13.5. The van der Waals surface area contributed by atoms with Crippen molar-refractivity contribution in [1.82, 2.24) is 10.2 Å². The molecule has 3 rings (SSSR count). The molecule has 2 fully saturated rings. The van der Waals surface area contributed by atoms with Gasteiger partial charge in [-0.05, 0) is 19.1 Å². The van der Waals surface area contributed by atoms with Crippen LogP contribution >= 0.6 is 0 Å². The molecule has 2 aliphatic rings. The van der Waals surface area contributed by atoms with Crippen molar-refractivity contribution >= 4 is 17.5 Å². The van der Waals surface area contributed by atoms with Gasteiger partial charge < -0.3 is 10.1 Å². The average molecular weight is 317 g/mol. The minimum atomic E-state index is -0.412. The molecule has 0 aromatic heterocycles.